The Balaban J connectivity index is 1.28. The zero-order valence-electron chi connectivity index (χ0n) is 15.0. The van der Waals surface area contributed by atoms with E-state index >= 15 is 0 Å². The summed E-state index contributed by atoms with van der Waals surface area (Å²) < 4.78 is 31.6. The number of anilines is 1. The van der Waals surface area contributed by atoms with Gasteiger partial charge in [-0.25, -0.2) is 13.8 Å². The predicted molar refractivity (Wildman–Crippen MR) is 103 cm³/mol. The van der Waals surface area contributed by atoms with Gasteiger partial charge >= 0.3 is 0 Å². The van der Waals surface area contributed by atoms with Crippen LogP contribution >= 0.6 is 11.8 Å². The first kappa shape index (κ1) is 19.1. The van der Waals surface area contributed by atoms with E-state index in [2.05, 4.69) is 25.4 Å². The van der Waals surface area contributed by atoms with Gasteiger partial charge in [0.25, 0.3) is 0 Å². The Bertz CT molecular complexity index is 1130. The van der Waals surface area contributed by atoms with Gasteiger partial charge in [-0.15, -0.1) is 0 Å². The van der Waals surface area contributed by atoms with E-state index in [1.54, 1.807) is 0 Å². The van der Waals surface area contributed by atoms with Crippen molar-refractivity contribution in [3.05, 3.63) is 65.8 Å². The molecule has 0 atom stereocenters. The number of hydrogen-bond donors (Lipinski definition) is 2. The van der Waals surface area contributed by atoms with Gasteiger partial charge in [0.15, 0.2) is 11.0 Å². The summed E-state index contributed by atoms with van der Waals surface area (Å²) in [6.45, 7) is 0. The number of nitrogens with zero attached hydrogens (tertiary/aromatic N) is 3. The topological polar surface area (TPSA) is 96.7 Å². The van der Waals surface area contributed by atoms with Crippen LogP contribution in [0.2, 0.25) is 0 Å². The van der Waals surface area contributed by atoms with Crippen LogP contribution in [0, 0.1) is 11.6 Å². The van der Waals surface area contributed by atoms with Crippen molar-refractivity contribution in [2.45, 2.75) is 23.8 Å². The summed E-state index contributed by atoms with van der Waals surface area (Å²) in [6, 6.07) is 10.7. The fraction of sp³-hybridized carbons (Fsp3) is 0.158. The first-order valence-electron chi connectivity index (χ1n) is 8.71. The van der Waals surface area contributed by atoms with Gasteiger partial charge in [0.2, 0.25) is 11.8 Å². The molecule has 29 heavy (non-hydrogen) atoms. The highest BCUT2D eigenvalue weighted by Gasteiger charge is 2.12. The van der Waals surface area contributed by atoms with Crippen molar-refractivity contribution < 1.29 is 18.1 Å². The lowest BCUT2D eigenvalue weighted by molar-refractivity contribution is -0.116. The van der Waals surface area contributed by atoms with Crippen LogP contribution in [0.1, 0.15) is 18.1 Å². The van der Waals surface area contributed by atoms with Crippen molar-refractivity contribution in [2.24, 2.45) is 0 Å². The predicted octanol–water partition coefficient (Wildman–Crippen LogP) is 4.09. The number of benzene rings is 2. The summed E-state index contributed by atoms with van der Waals surface area (Å²) in [6.07, 6.45) is 0.228. The van der Waals surface area contributed by atoms with Crippen molar-refractivity contribution in [2.75, 3.05) is 5.32 Å². The minimum atomic E-state index is -0.832. The van der Waals surface area contributed by atoms with Gasteiger partial charge < -0.3 is 14.8 Å². The van der Waals surface area contributed by atoms with Gasteiger partial charge in [-0.1, -0.05) is 29.1 Å². The molecule has 0 saturated carbocycles. The Kier molecular flexibility index (Phi) is 5.52. The lowest BCUT2D eigenvalue weighted by atomic mass is 10.2. The van der Waals surface area contributed by atoms with E-state index in [0.29, 0.717) is 23.5 Å². The molecule has 0 saturated heterocycles. The van der Waals surface area contributed by atoms with Crippen molar-refractivity contribution in [3.63, 3.8) is 0 Å². The number of imidazole rings is 1. The van der Waals surface area contributed by atoms with E-state index in [1.807, 2.05) is 24.3 Å². The molecule has 0 bridgehead atoms. The van der Waals surface area contributed by atoms with E-state index in [-0.39, 0.29) is 18.5 Å². The summed E-state index contributed by atoms with van der Waals surface area (Å²) in [5.41, 5.74) is 1.75. The van der Waals surface area contributed by atoms with Crippen LogP contribution in [0.5, 0.6) is 0 Å². The number of rotatable bonds is 7. The van der Waals surface area contributed by atoms with Gasteiger partial charge in [-0.05, 0) is 24.3 Å². The van der Waals surface area contributed by atoms with Gasteiger partial charge in [-0.3, -0.25) is 4.79 Å². The Labute approximate surface area is 167 Å². The number of aryl methyl sites for hydroxylation is 1. The second-order valence-electron chi connectivity index (χ2n) is 6.12. The molecule has 0 spiro atoms. The van der Waals surface area contributed by atoms with Crippen LogP contribution in [-0.4, -0.2) is 26.0 Å². The fourth-order valence-electron chi connectivity index (χ4n) is 2.60. The highest BCUT2D eigenvalue weighted by atomic mass is 32.2. The number of amides is 1. The normalized spacial score (nSPS) is 11.1. The molecule has 4 rings (SSSR count). The molecule has 148 valence electrons. The van der Waals surface area contributed by atoms with Crippen LogP contribution in [-0.2, 0) is 17.0 Å². The molecule has 2 aromatic carbocycles. The summed E-state index contributed by atoms with van der Waals surface area (Å²) in [5, 5.41) is 7.02. The van der Waals surface area contributed by atoms with Gasteiger partial charge in [0.05, 0.1) is 22.5 Å². The third kappa shape index (κ3) is 4.77. The summed E-state index contributed by atoms with van der Waals surface area (Å²) in [7, 11) is 0. The van der Waals surface area contributed by atoms with Crippen LogP contribution in [0.3, 0.4) is 0 Å². The Morgan fingerprint density at radius 3 is 2.86 bits per heavy atom. The number of nitrogens with one attached hydrogen (secondary N) is 2. The van der Waals surface area contributed by atoms with Crippen LogP contribution in [0.15, 0.2) is 52.1 Å². The SMILES string of the molecule is O=C(CCc1nc(CSc2nc3ccccc3[nH]2)no1)Nc1ccc(F)cc1F. The second-order valence-corrected chi connectivity index (χ2v) is 7.09. The maximum atomic E-state index is 13.6. The molecule has 2 heterocycles. The Hall–Kier alpha value is -3.27. The molecule has 2 aromatic heterocycles. The molecule has 0 aliphatic carbocycles. The largest absolute Gasteiger partial charge is 0.339 e. The zero-order valence-corrected chi connectivity index (χ0v) is 15.8. The molecule has 4 aromatic rings. The van der Waals surface area contributed by atoms with Crippen molar-refractivity contribution >= 4 is 34.4 Å². The van der Waals surface area contributed by atoms with Crippen LogP contribution < -0.4 is 5.32 Å². The van der Waals surface area contributed by atoms with Crippen molar-refractivity contribution in [3.8, 4) is 0 Å². The maximum Gasteiger partial charge on any atom is 0.227 e. The van der Waals surface area contributed by atoms with E-state index in [4.69, 9.17) is 4.52 Å². The molecule has 0 radical (unpaired) electrons. The third-order valence-electron chi connectivity index (χ3n) is 3.99. The van der Waals surface area contributed by atoms with E-state index in [1.165, 1.54) is 17.8 Å². The number of fused-ring (bicyclic) bond motifs is 1. The smallest absolute Gasteiger partial charge is 0.227 e. The van der Waals surface area contributed by atoms with Crippen LogP contribution in [0.4, 0.5) is 14.5 Å². The fourth-order valence-corrected chi connectivity index (χ4v) is 3.33. The minimum Gasteiger partial charge on any atom is -0.339 e. The first-order valence-corrected chi connectivity index (χ1v) is 9.69. The highest BCUT2D eigenvalue weighted by Crippen LogP contribution is 2.22. The van der Waals surface area contributed by atoms with Crippen molar-refractivity contribution in [1.82, 2.24) is 20.1 Å². The number of carbonyl (C=O) groups is 1. The van der Waals surface area contributed by atoms with Crippen LogP contribution in [0.25, 0.3) is 11.0 Å². The number of aromatic nitrogens is 4. The molecular weight excluding hydrogens is 400 g/mol. The average molecular weight is 415 g/mol. The second kappa shape index (κ2) is 8.39. The standard InChI is InChI=1S/C19H15F2N5O2S/c20-11-5-6-13(12(21)9-11)22-17(27)7-8-18-25-16(26-28-18)10-29-19-23-14-3-1-2-4-15(14)24-19/h1-6,9H,7-8,10H2,(H,22,27)(H,23,24). The van der Waals surface area contributed by atoms with Gasteiger partial charge in [-0.2, -0.15) is 4.98 Å². The number of thioether (sulfide) groups is 1. The van der Waals surface area contributed by atoms with Gasteiger partial charge in [0, 0.05) is 18.9 Å². The van der Waals surface area contributed by atoms with Crippen molar-refractivity contribution in [1.29, 1.82) is 0 Å². The molecule has 7 nitrogen and oxygen atoms in total. The molecule has 10 heteroatoms. The van der Waals surface area contributed by atoms with E-state index < -0.39 is 17.5 Å². The Morgan fingerprint density at radius 2 is 2.03 bits per heavy atom. The monoisotopic (exact) mass is 415 g/mol. The summed E-state index contributed by atoms with van der Waals surface area (Å²) in [5.74, 6) is -0.737. The summed E-state index contributed by atoms with van der Waals surface area (Å²) >= 11 is 1.44. The number of carbonyl (C=O) groups excluding carboxylic acids is 1. The Morgan fingerprint density at radius 1 is 1.17 bits per heavy atom. The first-order chi connectivity index (χ1) is 14.1. The number of halogens is 2. The van der Waals surface area contributed by atoms with E-state index in [0.717, 1.165) is 22.3 Å². The molecule has 0 unspecified atom stereocenters. The maximum absolute atomic E-state index is 13.6. The molecule has 0 aliphatic rings. The molecular formula is C19H15F2N5O2S. The van der Waals surface area contributed by atoms with Gasteiger partial charge in [0.1, 0.15) is 11.6 Å². The molecule has 2 N–H and O–H groups in total. The zero-order chi connectivity index (χ0) is 20.2. The third-order valence-corrected chi connectivity index (χ3v) is 4.86. The quantitative estimate of drug-likeness (QED) is 0.442. The number of para-hydroxylation sites is 2. The number of H-pyrrole nitrogens is 1. The number of hydrogen-bond acceptors (Lipinski definition) is 6. The highest BCUT2D eigenvalue weighted by molar-refractivity contribution is 7.98. The molecule has 0 aliphatic heterocycles. The number of aromatic amines is 1. The molecule has 0 fully saturated rings. The van der Waals surface area contributed by atoms with E-state index in [9.17, 15) is 13.6 Å². The summed E-state index contributed by atoms with van der Waals surface area (Å²) in [4.78, 5) is 23.9. The minimum absolute atomic E-state index is 0.0230. The average Bonchev–Trinajstić information content (AvgIpc) is 3.33. The lowest BCUT2D eigenvalue weighted by Gasteiger charge is -2.05. The lowest BCUT2D eigenvalue weighted by Crippen LogP contribution is -2.13. The molecule has 1 amide bonds.